The van der Waals surface area contributed by atoms with E-state index in [1.165, 1.54) is 6.42 Å². The van der Waals surface area contributed by atoms with E-state index in [-0.39, 0.29) is 0 Å². The van der Waals surface area contributed by atoms with E-state index in [0.717, 1.165) is 25.2 Å². The first-order chi connectivity index (χ1) is 8.09. The molecule has 0 aliphatic carbocycles. The van der Waals surface area contributed by atoms with Gasteiger partial charge in [-0.2, -0.15) is 0 Å². The molecule has 4 nitrogen and oxygen atoms in total. The van der Waals surface area contributed by atoms with Crippen LogP contribution in [0, 0.1) is 0 Å². The summed E-state index contributed by atoms with van der Waals surface area (Å²) in [6.07, 6.45) is 5.82. The minimum Gasteiger partial charge on any atom is -0.397 e. The zero-order valence-electron chi connectivity index (χ0n) is 11.1. The maximum atomic E-state index is 5.65. The van der Waals surface area contributed by atoms with Crippen molar-refractivity contribution in [1.82, 2.24) is 9.88 Å². The minimum absolute atomic E-state index is 0.626. The molecular formula is C13H24N4. The molecule has 3 N–H and O–H groups in total. The van der Waals surface area contributed by atoms with Crippen LogP contribution in [0.4, 0.5) is 11.4 Å². The average Bonchev–Trinajstić information content (AvgIpc) is 2.28. The number of nitrogens with one attached hydrogen (secondary N) is 1. The Kier molecular flexibility index (Phi) is 5.77. The first-order valence-electron chi connectivity index (χ1n) is 6.24. The quantitative estimate of drug-likeness (QED) is 0.713. The van der Waals surface area contributed by atoms with E-state index in [2.05, 4.69) is 36.1 Å². The fourth-order valence-electron chi connectivity index (χ4n) is 1.53. The van der Waals surface area contributed by atoms with Crippen LogP contribution < -0.4 is 11.1 Å². The number of rotatable bonds is 7. The SMILES string of the molecule is CC(C)N(C)CCCCNc1cncc(N)c1. The highest BCUT2D eigenvalue weighted by Gasteiger charge is 2.01. The lowest BCUT2D eigenvalue weighted by Crippen LogP contribution is -2.27. The van der Waals surface area contributed by atoms with Crippen LogP contribution in [0.1, 0.15) is 26.7 Å². The van der Waals surface area contributed by atoms with Gasteiger partial charge in [0.25, 0.3) is 0 Å². The van der Waals surface area contributed by atoms with Crippen LogP contribution in [0.15, 0.2) is 18.5 Å². The smallest absolute Gasteiger partial charge is 0.0547 e. The highest BCUT2D eigenvalue weighted by atomic mass is 15.1. The first kappa shape index (κ1) is 13.8. The van der Waals surface area contributed by atoms with Gasteiger partial charge in [0.2, 0.25) is 0 Å². The molecule has 17 heavy (non-hydrogen) atoms. The molecule has 1 heterocycles. The highest BCUT2D eigenvalue weighted by Crippen LogP contribution is 2.09. The molecule has 96 valence electrons. The molecule has 1 aromatic rings. The lowest BCUT2D eigenvalue weighted by molar-refractivity contribution is 0.269. The molecule has 0 unspecified atom stereocenters. The standard InChI is InChI=1S/C13H24N4/c1-11(2)17(3)7-5-4-6-16-13-8-12(14)9-15-10-13/h8-11,16H,4-7,14H2,1-3H3. The van der Waals surface area contributed by atoms with E-state index >= 15 is 0 Å². The van der Waals surface area contributed by atoms with Gasteiger partial charge in [0.15, 0.2) is 0 Å². The van der Waals surface area contributed by atoms with Gasteiger partial charge in [-0.05, 0) is 46.3 Å². The van der Waals surface area contributed by atoms with Gasteiger partial charge in [0, 0.05) is 18.8 Å². The Bertz CT molecular complexity index is 325. The summed E-state index contributed by atoms with van der Waals surface area (Å²) in [6, 6.07) is 2.54. The summed E-state index contributed by atoms with van der Waals surface area (Å²) in [6.45, 7) is 6.55. The molecule has 1 aromatic heterocycles. The van der Waals surface area contributed by atoms with Crippen LogP contribution in [-0.2, 0) is 0 Å². The van der Waals surface area contributed by atoms with Crippen molar-refractivity contribution in [2.45, 2.75) is 32.7 Å². The topological polar surface area (TPSA) is 54.2 Å². The van der Waals surface area contributed by atoms with Crippen LogP contribution in [0.3, 0.4) is 0 Å². The lowest BCUT2D eigenvalue weighted by Gasteiger charge is -2.20. The third-order valence-electron chi connectivity index (χ3n) is 2.91. The van der Waals surface area contributed by atoms with Crippen molar-refractivity contribution in [2.24, 2.45) is 0 Å². The maximum absolute atomic E-state index is 5.65. The second kappa shape index (κ2) is 7.12. The van der Waals surface area contributed by atoms with Crippen molar-refractivity contribution in [1.29, 1.82) is 0 Å². The van der Waals surface area contributed by atoms with Gasteiger partial charge < -0.3 is 16.0 Å². The Morgan fingerprint density at radius 3 is 2.76 bits per heavy atom. The van der Waals surface area contributed by atoms with Crippen LogP contribution in [0.5, 0.6) is 0 Å². The third-order valence-corrected chi connectivity index (χ3v) is 2.91. The zero-order chi connectivity index (χ0) is 12.7. The number of anilines is 2. The Labute approximate surface area is 104 Å². The first-order valence-corrected chi connectivity index (χ1v) is 6.24. The van der Waals surface area contributed by atoms with E-state index in [9.17, 15) is 0 Å². The summed E-state index contributed by atoms with van der Waals surface area (Å²) in [5.41, 5.74) is 7.36. The molecule has 0 atom stereocenters. The van der Waals surface area contributed by atoms with Gasteiger partial charge in [-0.25, -0.2) is 0 Å². The molecule has 0 radical (unpaired) electrons. The monoisotopic (exact) mass is 236 g/mol. The summed E-state index contributed by atoms with van der Waals surface area (Å²) < 4.78 is 0. The second-order valence-electron chi connectivity index (χ2n) is 4.72. The van der Waals surface area contributed by atoms with Crippen molar-refractivity contribution < 1.29 is 0 Å². The molecule has 0 fully saturated rings. The molecule has 0 saturated heterocycles. The van der Waals surface area contributed by atoms with Crippen molar-refractivity contribution in [3.63, 3.8) is 0 Å². The van der Waals surface area contributed by atoms with E-state index in [1.54, 1.807) is 12.4 Å². The molecule has 0 saturated carbocycles. The molecule has 0 bridgehead atoms. The van der Waals surface area contributed by atoms with E-state index in [1.807, 2.05) is 6.07 Å². The Balaban J connectivity index is 2.12. The molecule has 0 spiro atoms. The largest absolute Gasteiger partial charge is 0.397 e. The van der Waals surface area contributed by atoms with Gasteiger partial charge in [0.1, 0.15) is 0 Å². The number of hydrogen-bond acceptors (Lipinski definition) is 4. The average molecular weight is 236 g/mol. The normalized spacial score (nSPS) is 11.1. The minimum atomic E-state index is 0.626. The number of nitrogens with two attached hydrogens (primary N) is 1. The summed E-state index contributed by atoms with van der Waals surface area (Å²) in [7, 11) is 2.17. The molecular weight excluding hydrogens is 212 g/mol. The van der Waals surface area contributed by atoms with Gasteiger partial charge in [-0.3, -0.25) is 4.98 Å². The Hall–Kier alpha value is -1.29. The number of hydrogen-bond donors (Lipinski definition) is 2. The van der Waals surface area contributed by atoms with Gasteiger partial charge in [-0.15, -0.1) is 0 Å². The molecule has 0 amide bonds. The van der Waals surface area contributed by atoms with Crippen molar-refractivity contribution in [3.05, 3.63) is 18.5 Å². The summed E-state index contributed by atoms with van der Waals surface area (Å²) in [5.74, 6) is 0. The predicted octanol–water partition coefficient (Wildman–Crippen LogP) is 2.20. The zero-order valence-corrected chi connectivity index (χ0v) is 11.1. The maximum Gasteiger partial charge on any atom is 0.0547 e. The molecule has 1 rings (SSSR count). The number of nitrogens with zero attached hydrogens (tertiary/aromatic N) is 2. The summed E-state index contributed by atoms with van der Waals surface area (Å²) in [5, 5.41) is 3.33. The number of aromatic nitrogens is 1. The third kappa shape index (κ3) is 5.54. The van der Waals surface area contributed by atoms with Gasteiger partial charge >= 0.3 is 0 Å². The van der Waals surface area contributed by atoms with E-state index in [0.29, 0.717) is 11.7 Å². The predicted molar refractivity (Wildman–Crippen MR) is 74.1 cm³/mol. The van der Waals surface area contributed by atoms with Crippen molar-refractivity contribution in [3.8, 4) is 0 Å². The van der Waals surface area contributed by atoms with Crippen molar-refractivity contribution in [2.75, 3.05) is 31.2 Å². The fraction of sp³-hybridized carbons (Fsp3) is 0.615. The number of unbranched alkanes of at least 4 members (excludes halogenated alkanes) is 1. The fourth-order valence-corrected chi connectivity index (χ4v) is 1.53. The van der Waals surface area contributed by atoms with E-state index < -0.39 is 0 Å². The molecule has 0 aromatic carbocycles. The Morgan fingerprint density at radius 2 is 2.12 bits per heavy atom. The van der Waals surface area contributed by atoms with Crippen LogP contribution >= 0.6 is 0 Å². The second-order valence-corrected chi connectivity index (χ2v) is 4.72. The van der Waals surface area contributed by atoms with Crippen molar-refractivity contribution >= 4 is 11.4 Å². The van der Waals surface area contributed by atoms with Crippen LogP contribution in [0.2, 0.25) is 0 Å². The van der Waals surface area contributed by atoms with E-state index in [4.69, 9.17) is 5.73 Å². The van der Waals surface area contributed by atoms with Crippen LogP contribution in [0.25, 0.3) is 0 Å². The number of pyridine rings is 1. The van der Waals surface area contributed by atoms with Gasteiger partial charge in [-0.1, -0.05) is 0 Å². The van der Waals surface area contributed by atoms with Gasteiger partial charge in [0.05, 0.1) is 17.6 Å². The summed E-state index contributed by atoms with van der Waals surface area (Å²) >= 11 is 0. The van der Waals surface area contributed by atoms with Crippen LogP contribution in [-0.4, -0.2) is 36.1 Å². The molecule has 0 aliphatic rings. The lowest BCUT2D eigenvalue weighted by atomic mass is 10.2. The molecule has 4 heteroatoms. The summed E-state index contributed by atoms with van der Waals surface area (Å²) in [4.78, 5) is 6.40. The number of nitrogen functional groups attached to an aromatic ring is 1. The molecule has 0 aliphatic heterocycles. The highest BCUT2D eigenvalue weighted by molar-refractivity contribution is 5.51. The Morgan fingerprint density at radius 1 is 1.35 bits per heavy atom.